The number of aromatic amines is 1. The van der Waals surface area contributed by atoms with Crippen LogP contribution >= 0.6 is 11.6 Å². The molecule has 0 spiro atoms. The van der Waals surface area contributed by atoms with E-state index in [4.69, 9.17) is 17.3 Å². The summed E-state index contributed by atoms with van der Waals surface area (Å²) < 4.78 is 0. The third-order valence-electron chi connectivity index (χ3n) is 2.23. The van der Waals surface area contributed by atoms with Crippen molar-refractivity contribution in [2.75, 3.05) is 0 Å². The van der Waals surface area contributed by atoms with Crippen LogP contribution < -0.4 is 5.73 Å². The summed E-state index contributed by atoms with van der Waals surface area (Å²) >= 11 is 6.01. The van der Waals surface area contributed by atoms with Crippen LogP contribution in [0, 0.1) is 0 Å². The summed E-state index contributed by atoms with van der Waals surface area (Å²) in [5.41, 5.74) is 7.50. The van der Waals surface area contributed by atoms with E-state index in [2.05, 4.69) is 10.2 Å². The molecule has 0 aliphatic rings. The number of rotatable bonds is 1. The Morgan fingerprint density at radius 2 is 2.14 bits per heavy atom. The minimum absolute atomic E-state index is 0.410. The lowest BCUT2D eigenvalue weighted by atomic mass is 9.93. The Morgan fingerprint density at radius 3 is 2.79 bits per heavy atom. The molecule has 0 amide bonds. The maximum Gasteiger partial charge on any atom is 0.132 e. The van der Waals surface area contributed by atoms with E-state index in [1.165, 1.54) is 0 Å². The van der Waals surface area contributed by atoms with Crippen molar-refractivity contribution in [1.29, 1.82) is 0 Å². The summed E-state index contributed by atoms with van der Waals surface area (Å²) in [6, 6.07) is 5.82. The quantitative estimate of drug-likeness (QED) is 0.758. The molecule has 2 rings (SSSR count). The van der Waals surface area contributed by atoms with E-state index in [-0.39, 0.29) is 0 Å². The molecule has 74 valence electrons. The zero-order valence-electron chi connectivity index (χ0n) is 8.13. The number of nitrogens with two attached hydrogens (primary N) is 1. The fraction of sp³-hybridized carbons (Fsp3) is 0.300. The predicted molar refractivity (Wildman–Crippen MR) is 58.3 cm³/mol. The van der Waals surface area contributed by atoms with Gasteiger partial charge in [0.25, 0.3) is 0 Å². The molecule has 0 bridgehead atoms. The summed E-state index contributed by atoms with van der Waals surface area (Å²) in [5.74, 6) is 0. The van der Waals surface area contributed by atoms with Crippen molar-refractivity contribution < 1.29 is 0 Å². The van der Waals surface area contributed by atoms with Crippen LogP contribution in [-0.4, -0.2) is 10.2 Å². The van der Waals surface area contributed by atoms with Crippen LogP contribution in [0.1, 0.15) is 19.4 Å². The van der Waals surface area contributed by atoms with Crippen LogP contribution in [0.25, 0.3) is 10.9 Å². The largest absolute Gasteiger partial charge is 0.322 e. The first-order valence-corrected chi connectivity index (χ1v) is 4.80. The lowest BCUT2D eigenvalue weighted by molar-refractivity contribution is 0.560. The van der Waals surface area contributed by atoms with Crippen LogP contribution in [0.3, 0.4) is 0 Å². The summed E-state index contributed by atoms with van der Waals surface area (Å²) in [4.78, 5) is 0. The molecule has 0 aliphatic carbocycles. The zero-order valence-corrected chi connectivity index (χ0v) is 8.89. The second-order valence-corrected chi connectivity index (χ2v) is 4.34. The number of hydrogen-bond acceptors (Lipinski definition) is 2. The Labute approximate surface area is 87.2 Å². The van der Waals surface area contributed by atoms with Crippen molar-refractivity contribution in [3.63, 3.8) is 0 Å². The highest BCUT2D eigenvalue weighted by atomic mass is 35.5. The van der Waals surface area contributed by atoms with E-state index in [0.29, 0.717) is 5.15 Å². The Kier molecular flexibility index (Phi) is 2.01. The Bertz CT molecular complexity index is 468. The number of hydrogen-bond donors (Lipinski definition) is 2. The first-order chi connectivity index (χ1) is 6.50. The summed E-state index contributed by atoms with van der Waals surface area (Å²) in [7, 11) is 0. The van der Waals surface area contributed by atoms with Gasteiger partial charge in [0.05, 0.1) is 5.52 Å². The first-order valence-electron chi connectivity index (χ1n) is 4.42. The molecule has 0 unspecified atom stereocenters. The van der Waals surface area contributed by atoms with Gasteiger partial charge in [-0.05, 0) is 25.5 Å². The highest BCUT2D eigenvalue weighted by molar-refractivity contribution is 6.34. The number of fused-ring (bicyclic) bond motifs is 1. The first kappa shape index (κ1) is 9.49. The SMILES string of the molecule is CC(C)(N)c1cccc2n[nH]c(Cl)c12. The topological polar surface area (TPSA) is 54.7 Å². The Balaban J connectivity index is 2.82. The smallest absolute Gasteiger partial charge is 0.132 e. The van der Waals surface area contributed by atoms with Gasteiger partial charge in [0.2, 0.25) is 0 Å². The van der Waals surface area contributed by atoms with E-state index >= 15 is 0 Å². The van der Waals surface area contributed by atoms with Gasteiger partial charge in [0.15, 0.2) is 0 Å². The Hall–Kier alpha value is -1.06. The summed E-state index contributed by atoms with van der Waals surface area (Å²) in [5, 5.41) is 8.30. The van der Waals surface area contributed by atoms with Crippen LogP contribution in [0.15, 0.2) is 18.2 Å². The van der Waals surface area contributed by atoms with Gasteiger partial charge in [-0.15, -0.1) is 0 Å². The van der Waals surface area contributed by atoms with Gasteiger partial charge in [-0.3, -0.25) is 5.10 Å². The molecule has 0 aliphatic heterocycles. The molecule has 0 radical (unpaired) electrons. The van der Waals surface area contributed by atoms with Crippen LogP contribution in [0.4, 0.5) is 0 Å². The van der Waals surface area contributed by atoms with Crippen LogP contribution in [0.2, 0.25) is 5.15 Å². The van der Waals surface area contributed by atoms with Crippen LogP contribution in [-0.2, 0) is 5.54 Å². The van der Waals surface area contributed by atoms with Crippen molar-refractivity contribution in [2.24, 2.45) is 5.73 Å². The fourth-order valence-electron chi connectivity index (χ4n) is 1.57. The van der Waals surface area contributed by atoms with E-state index in [9.17, 15) is 0 Å². The van der Waals surface area contributed by atoms with Gasteiger partial charge in [-0.2, -0.15) is 5.10 Å². The van der Waals surface area contributed by atoms with Crippen molar-refractivity contribution in [3.8, 4) is 0 Å². The number of halogens is 1. The van der Waals surface area contributed by atoms with Gasteiger partial charge in [0.1, 0.15) is 5.15 Å². The molecule has 0 saturated carbocycles. The third-order valence-corrected chi connectivity index (χ3v) is 2.50. The molecule has 0 atom stereocenters. The molecule has 1 aromatic heterocycles. The highest BCUT2D eigenvalue weighted by Crippen LogP contribution is 2.30. The molecule has 1 aromatic carbocycles. The fourth-order valence-corrected chi connectivity index (χ4v) is 1.81. The molecule has 3 nitrogen and oxygen atoms in total. The Morgan fingerprint density at radius 1 is 1.43 bits per heavy atom. The van der Waals surface area contributed by atoms with Gasteiger partial charge in [-0.1, -0.05) is 23.7 Å². The molecular weight excluding hydrogens is 198 g/mol. The summed E-state index contributed by atoms with van der Waals surface area (Å²) in [6.07, 6.45) is 0. The van der Waals surface area contributed by atoms with Crippen molar-refractivity contribution in [2.45, 2.75) is 19.4 Å². The average molecular weight is 210 g/mol. The summed E-state index contributed by atoms with van der Waals surface area (Å²) in [6.45, 7) is 3.90. The standard InChI is InChI=1S/C10H12ClN3/c1-10(2,12)6-4-3-5-7-8(6)9(11)14-13-7/h3-5H,12H2,1-2H3,(H,13,14). The zero-order chi connectivity index (χ0) is 10.3. The number of H-pyrrole nitrogens is 1. The van der Waals surface area contributed by atoms with Gasteiger partial charge >= 0.3 is 0 Å². The van der Waals surface area contributed by atoms with E-state index < -0.39 is 5.54 Å². The molecular formula is C10H12ClN3. The lowest BCUT2D eigenvalue weighted by Gasteiger charge is -2.19. The average Bonchev–Trinajstić information content (AvgIpc) is 2.46. The number of nitrogens with zero attached hydrogens (tertiary/aromatic N) is 1. The van der Waals surface area contributed by atoms with Crippen molar-refractivity contribution in [3.05, 3.63) is 28.9 Å². The number of nitrogens with one attached hydrogen (secondary N) is 1. The minimum atomic E-state index is -0.410. The maximum absolute atomic E-state index is 6.05. The van der Waals surface area contributed by atoms with Gasteiger partial charge < -0.3 is 5.73 Å². The van der Waals surface area contributed by atoms with Crippen molar-refractivity contribution in [1.82, 2.24) is 10.2 Å². The van der Waals surface area contributed by atoms with Gasteiger partial charge in [-0.25, -0.2) is 0 Å². The molecule has 0 fully saturated rings. The lowest BCUT2D eigenvalue weighted by Crippen LogP contribution is -2.28. The number of aromatic nitrogens is 2. The van der Waals surface area contributed by atoms with E-state index in [0.717, 1.165) is 16.5 Å². The van der Waals surface area contributed by atoms with Gasteiger partial charge in [0, 0.05) is 10.9 Å². The maximum atomic E-state index is 6.05. The molecule has 0 saturated heterocycles. The number of benzene rings is 1. The van der Waals surface area contributed by atoms with Crippen molar-refractivity contribution >= 4 is 22.5 Å². The third kappa shape index (κ3) is 1.38. The molecule has 1 heterocycles. The monoisotopic (exact) mass is 209 g/mol. The van der Waals surface area contributed by atoms with E-state index in [1.807, 2.05) is 32.0 Å². The molecule has 3 N–H and O–H groups in total. The van der Waals surface area contributed by atoms with E-state index in [1.54, 1.807) is 0 Å². The minimum Gasteiger partial charge on any atom is -0.322 e. The molecule has 4 heteroatoms. The predicted octanol–water partition coefficient (Wildman–Crippen LogP) is 2.41. The molecule has 2 aromatic rings. The normalized spacial score (nSPS) is 12.3. The molecule has 14 heavy (non-hydrogen) atoms. The van der Waals surface area contributed by atoms with Crippen LogP contribution in [0.5, 0.6) is 0 Å². The second kappa shape index (κ2) is 2.97. The second-order valence-electron chi connectivity index (χ2n) is 3.96. The highest BCUT2D eigenvalue weighted by Gasteiger charge is 2.19.